The average Bonchev–Trinajstić information content (AvgIpc) is 3.09. The van der Waals surface area contributed by atoms with Gasteiger partial charge in [-0.3, -0.25) is 4.79 Å². The highest BCUT2D eigenvalue weighted by Gasteiger charge is 2.21. The molecule has 0 bridgehead atoms. The van der Waals surface area contributed by atoms with E-state index in [1.54, 1.807) is 6.92 Å². The lowest BCUT2D eigenvalue weighted by molar-refractivity contribution is 0.0994. The first kappa shape index (κ1) is 21.0. The molecule has 0 spiro atoms. The van der Waals surface area contributed by atoms with Gasteiger partial charge in [-0.1, -0.05) is 41.3 Å². The van der Waals surface area contributed by atoms with E-state index in [1.807, 2.05) is 30.5 Å². The molecule has 1 aromatic heterocycles. The Morgan fingerprint density at radius 1 is 1.17 bits per heavy atom. The normalized spacial score (nSPS) is 15.5. The number of benzene rings is 2. The largest absolute Gasteiger partial charge is 0.489 e. The Morgan fingerprint density at radius 2 is 1.93 bits per heavy atom. The van der Waals surface area contributed by atoms with E-state index in [0.29, 0.717) is 5.02 Å². The molecule has 6 heteroatoms. The highest BCUT2D eigenvalue weighted by Crippen LogP contribution is 2.27. The minimum Gasteiger partial charge on any atom is -0.489 e. The predicted molar refractivity (Wildman–Crippen MR) is 126 cm³/mol. The lowest BCUT2D eigenvalue weighted by Crippen LogP contribution is -2.39. The number of rotatable bonds is 7. The third-order valence-electron chi connectivity index (χ3n) is 5.95. The van der Waals surface area contributed by atoms with E-state index in [4.69, 9.17) is 16.3 Å². The number of hydrogen-bond acceptors (Lipinski definition) is 3. The first-order chi connectivity index (χ1) is 14.5. The summed E-state index contributed by atoms with van der Waals surface area (Å²) in [7, 11) is 2.07. The number of likely N-dealkylation sites (tertiary alicyclic amines) is 1. The summed E-state index contributed by atoms with van der Waals surface area (Å²) in [4.78, 5) is 14.6. The van der Waals surface area contributed by atoms with Crippen molar-refractivity contribution in [1.82, 2.24) is 9.47 Å². The highest BCUT2D eigenvalue weighted by atomic mass is 35.5. The number of nitrogens with zero attached hydrogens (tertiary/aromatic N) is 2. The molecule has 0 saturated carbocycles. The maximum atomic E-state index is 12.0. The molecule has 3 aromatic rings. The van der Waals surface area contributed by atoms with Gasteiger partial charge in [-0.25, -0.2) is 0 Å². The second-order valence-corrected chi connectivity index (χ2v) is 8.66. The lowest BCUT2D eigenvalue weighted by Gasteiger charge is -2.32. The quantitative estimate of drug-likeness (QED) is 0.430. The summed E-state index contributed by atoms with van der Waals surface area (Å²) in [5.41, 5.74) is 3.16. The van der Waals surface area contributed by atoms with Crippen molar-refractivity contribution in [3.05, 3.63) is 59.2 Å². The predicted octanol–water partition coefficient (Wildman–Crippen LogP) is 3.69. The van der Waals surface area contributed by atoms with E-state index in [9.17, 15) is 4.79 Å². The number of fused-ring (bicyclic) bond motifs is 1. The Bertz CT molecular complexity index is 1040. The van der Waals surface area contributed by atoms with Crippen molar-refractivity contribution in [3.63, 3.8) is 0 Å². The molecule has 2 aromatic carbocycles. The number of aromatic nitrogens is 1. The zero-order valence-corrected chi connectivity index (χ0v) is 18.5. The number of carbonyl (C=O) groups excluding carboxylic acids is 1. The zero-order valence-electron chi connectivity index (χ0n) is 17.7. The number of piperidine rings is 1. The fraction of sp³-hybridized carbons (Fsp3) is 0.375. The second kappa shape index (κ2) is 9.28. The van der Waals surface area contributed by atoms with Gasteiger partial charge in [0.25, 0.3) is 0 Å². The van der Waals surface area contributed by atoms with E-state index in [-0.39, 0.29) is 11.9 Å². The summed E-state index contributed by atoms with van der Waals surface area (Å²) in [5.74, 6) is 0.915. The molecule has 1 saturated heterocycles. The Kier molecular flexibility index (Phi) is 6.50. The molecule has 1 aliphatic heterocycles. The fourth-order valence-corrected chi connectivity index (χ4v) is 4.49. The molecule has 1 fully saturated rings. The Hall–Kier alpha value is -2.24. The maximum Gasteiger partial charge on any atom is 0.161 e. The van der Waals surface area contributed by atoms with Gasteiger partial charge in [0.2, 0.25) is 0 Å². The van der Waals surface area contributed by atoms with Crippen LogP contribution < -0.4 is 10.2 Å². The van der Waals surface area contributed by atoms with Crippen LogP contribution in [0.25, 0.3) is 10.9 Å². The Balaban J connectivity index is 1.30. The smallest absolute Gasteiger partial charge is 0.161 e. The number of para-hydroxylation sites is 1. The van der Waals surface area contributed by atoms with Crippen LogP contribution in [-0.2, 0) is 6.54 Å². The number of halogens is 1. The van der Waals surface area contributed by atoms with Crippen LogP contribution in [0, 0.1) is 0 Å². The molecule has 2 heterocycles. The van der Waals surface area contributed by atoms with Gasteiger partial charge in [0.15, 0.2) is 5.78 Å². The molecule has 0 unspecified atom stereocenters. The highest BCUT2D eigenvalue weighted by molar-refractivity contribution is 6.33. The van der Waals surface area contributed by atoms with Gasteiger partial charge in [-0.2, -0.15) is 0 Å². The second-order valence-electron chi connectivity index (χ2n) is 8.26. The molecule has 156 valence electrons. The van der Waals surface area contributed by atoms with Crippen molar-refractivity contribution >= 4 is 41.6 Å². The van der Waals surface area contributed by atoms with Crippen molar-refractivity contribution in [2.24, 2.45) is 0 Å². The molecule has 1 aliphatic rings. The van der Waals surface area contributed by atoms with Gasteiger partial charge in [0, 0.05) is 42.3 Å². The van der Waals surface area contributed by atoms with Crippen LogP contribution in [0.1, 0.15) is 36.5 Å². The van der Waals surface area contributed by atoms with Crippen molar-refractivity contribution in [1.29, 1.82) is 0 Å². The number of hydrogen-bond donors (Lipinski definition) is 0. The standard InChI is InChI=1S/C24H28BClN2O2/c1-17(29)21-16-28(23-8-7-18(25)15-20(21)23)12-4-11-27-13-9-19(10-14-27)30-24-6-3-2-5-22(24)26/h2-3,5-8,15-16,19H,4,9-14,25H2,1H3. The van der Waals surface area contributed by atoms with Crippen molar-refractivity contribution < 1.29 is 9.53 Å². The summed E-state index contributed by atoms with van der Waals surface area (Å²) in [5, 5.41) is 1.75. The molecule has 0 atom stereocenters. The Morgan fingerprint density at radius 3 is 2.67 bits per heavy atom. The molecule has 0 radical (unpaired) electrons. The summed E-state index contributed by atoms with van der Waals surface area (Å²) < 4.78 is 8.33. The first-order valence-electron chi connectivity index (χ1n) is 10.8. The fourth-order valence-electron chi connectivity index (χ4n) is 4.31. The lowest BCUT2D eigenvalue weighted by atomic mass is 9.94. The van der Waals surface area contributed by atoms with Crippen LogP contribution >= 0.6 is 11.6 Å². The van der Waals surface area contributed by atoms with Crippen LogP contribution in [0.5, 0.6) is 5.75 Å². The number of ketones is 1. The van der Waals surface area contributed by atoms with E-state index >= 15 is 0 Å². The van der Waals surface area contributed by atoms with Crippen LogP contribution in [0.2, 0.25) is 5.02 Å². The molecule has 4 rings (SSSR count). The van der Waals surface area contributed by atoms with Crippen LogP contribution in [0.15, 0.2) is 48.7 Å². The van der Waals surface area contributed by atoms with Gasteiger partial charge in [0.1, 0.15) is 19.7 Å². The summed E-state index contributed by atoms with van der Waals surface area (Å²) in [6.07, 6.45) is 5.36. The SMILES string of the molecule is Bc1ccc2c(c1)c(C(C)=O)cn2CCCN1CCC(Oc2ccccc2Cl)CC1. The molecule has 4 nitrogen and oxygen atoms in total. The van der Waals surface area contributed by atoms with E-state index in [0.717, 1.165) is 67.7 Å². The van der Waals surface area contributed by atoms with Crippen molar-refractivity contribution in [2.45, 2.75) is 38.8 Å². The average molecular weight is 423 g/mol. The minimum absolute atomic E-state index is 0.130. The van der Waals surface area contributed by atoms with Crippen LogP contribution in [0.3, 0.4) is 0 Å². The topological polar surface area (TPSA) is 34.5 Å². The van der Waals surface area contributed by atoms with Gasteiger partial charge in [-0.15, -0.1) is 0 Å². The minimum atomic E-state index is 0.130. The van der Waals surface area contributed by atoms with E-state index in [2.05, 4.69) is 35.5 Å². The van der Waals surface area contributed by atoms with Gasteiger partial charge in [0.05, 0.1) is 5.02 Å². The van der Waals surface area contributed by atoms with Gasteiger partial charge in [-0.05, 0) is 50.9 Å². The zero-order chi connectivity index (χ0) is 21.1. The monoisotopic (exact) mass is 422 g/mol. The van der Waals surface area contributed by atoms with Crippen molar-refractivity contribution in [3.8, 4) is 5.75 Å². The molecule has 30 heavy (non-hydrogen) atoms. The van der Waals surface area contributed by atoms with E-state index < -0.39 is 0 Å². The van der Waals surface area contributed by atoms with Crippen LogP contribution in [0.4, 0.5) is 0 Å². The first-order valence-corrected chi connectivity index (χ1v) is 11.1. The molecular formula is C24H28BClN2O2. The van der Waals surface area contributed by atoms with Crippen LogP contribution in [-0.4, -0.2) is 48.8 Å². The van der Waals surface area contributed by atoms with Gasteiger partial charge < -0.3 is 14.2 Å². The number of ether oxygens (including phenoxy) is 1. The summed E-state index contributed by atoms with van der Waals surface area (Å²) >= 11 is 6.21. The summed E-state index contributed by atoms with van der Waals surface area (Å²) in [6.45, 7) is 5.71. The number of aryl methyl sites for hydroxylation is 1. The Labute approximate surface area is 184 Å². The number of carbonyl (C=O) groups is 1. The van der Waals surface area contributed by atoms with E-state index in [1.165, 1.54) is 5.46 Å². The number of Topliss-reactive ketones (excluding diaryl/α,β-unsaturated/α-hetero) is 1. The van der Waals surface area contributed by atoms with Crippen molar-refractivity contribution in [2.75, 3.05) is 19.6 Å². The molecule has 0 N–H and O–H groups in total. The molecule has 0 aliphatic carbocycles. The molecule has 0 amide bonds. The molecular weight excluding hydrogens is 395 g/mol. The van der Waals surface area contributed by atoms with Gasteiger partial charge >= 0.3 is 0 Å². The third kappa shape index (κ3) is 4.74. The summed E-state index contributed by atoms with van der Waals surface area (Å²) in [6, 6.07) is 14.1. The maximum absolute atomic E-state index is 12.0. The third-order valence-corrected chi connectivity index (χ3v) is 6.27.